The molecular formula is C44H25N3OS. The molecule has 4 nitrogen and oxygen atoms in total. The minimum atomic E-state index is 0.718. The maximum Gasteiger partial charge on any atom is 0.160 e. The normalized spacial score (nSPS) is 12.1. The van der Waals surface area contributed by atoms with Crippen molar-refractivity contribution in [2.24, 2.45) is 0 Å². The zero-order chi connectivity index (χ0) is 32.1. The van der Waals surface area contributed by atoms with Gasteiger partial charge < -0.3 is 8.98 Å². The van der Waals surface area contributed by atoms with Crippen molar-refractivity contribution >= 4 is 86.2 Å². The summed E-state index contributed by atoms with van der Waals surface area (Å²) in [6.45, 7) is 0. The molecule has 0 bridgehead atoms. The van der Waals surface area contributed by atoms with Crippen LogP contribution in [-0.2, 0) is 0 Å². The van der Waals surface area contributed by atoms with Gasteiger partial charge in [0, 0.05) is 53.8 Å². The second kappa shape index (κ2) is 10.1. The van der Waals surface area contributed by atoms with Crippen molar-refractivity contribution < 1.29 is 4.42 Å². The van der Waals surface area contributed by atoms with E-state index in [2.05, 4.69) is 132 Å². The van der Waals surface area contributed by atoms with Crippen LogP contribution in [0.3, 0.4) is 0 Å². The molecule has 5 heteroatoms. The number of nitrogens with zero attached hydrogens (tertiary/aromatic N) is 3. The Kier molecular flexibility index (Phi) is 5.51. The van der Waals surface area contributed by atoms with E-state index in [1.165, 1.54) is 30.9 Å². The summed E-state index contributed by atoms with van der Waals surface area (Å²) in [5.74, 6) is 0.718. The maximum atomic E-state index is 6.82. The average molecular weight is 644 g/mol. The van der Waals surface area contributed by atoms with Gasteiger partial charge in [-0.2, -0.15) is 0 Å². The molecular weight excluding hydrogens is 619 g/mol. The Bertz CT molecular complexity index is 3100. The molecule has 0 amide bonds. The SMILES string of the molecule is c1ccc(-c2nc(-c3ccccc3)c3cc(-n4c5ccccc5c5c6oc7ccccc7c6c6c7ccccc7sc6c54)ccc3n2)cc1. The first-order chi connectivity index (χ1) is 24.3. The topological polar surface area (TPSA) is 43.9 Å². The van der Waals surface area contributed by atoms with Gasteiger partial charge in [-0.3, -0.25) is 0 Å². The second-order valence-corrected chi connectivity index (χ2v) is 13.6. The Morgan fingerprint density at radius 3 is 2.06 bits per heavy atom. The summed E-state index contributed by atoms with van der Waals surface area (Å²) in [7, 11) is 0. The molecule has 0 aliphatic carbocycles. The van der Waals surface area contributed by atoms with Crippen LogP contribution in [0.2, 0.25) is 0 Å². The molecule has 49 heavy (non-hydrogen) atoms. The predicted octanol–water partition coefficient (Wildman–Crippen LogP) is 12.3. The highest BCUT2D eigenvalue weighted by atomic mass is 32.1. The van der Waals surface area contributed by atoms with Crippen LogP contribution in [0, 0.1) is 0 Å². The average Bonchev–Trinajstić information content (AvgIpc) is 3.85. The largest absolute Gasteiger partial charge is 0.455 e. The van der Waals surface area contributed by atoms with Gasteiger partial charge in [0.05, 0.1) is 32.3 Å². The second-order valence-electron chi connectivity index (χ2n) is 12.5. The van der Waals surface area contributed by atoms with Crippen molar-refractivity contribution in [3.05, 3.63) is 152 Å². The molecule has 4 heterocycles. The molecule has 0 saturated heterocycles. The third-order valence-electron chi connectivity index (χ3n) is 9.77. The van der Waals surface area contributed by atoms with Gasteiger partial charge >= 0.3 is 0 Å². The first kappa shape index (κ1) is 26.7. The highest BCUT2D eigenvalue weighted by molar-refractivity contribution is 7.27. The van der Waals surface area contributed by atoms with E-state index in [0.29, 0.717) is 0 Å². The van der Waals surface area contributed by atoms with Gasteiger partial charge in [-0.1, -0.05) is 115 Å². The third-order valence-corrected chi connectivity index (χ3v) is 11.0. The fraction of sp³-hybridized carbons (Fsp3) is 0. The Hall–Kier alpha value is -6.30. The molecule has 0 spiro atoms. The summed E-state index contributed by atoms with van der Waals surface area (Å²) < 4.78 is 11.8. The van der Waals surface area contributed by atoms with Crippen LogP contribution in [0.5, 0.6) is 0 Å². The maximum absolute atomic E-state index is 6.82. The third kappa shape index (κ3) is 3.79. The number of hydrogen-bond acceptors (Lipinski definition) is 4. The lowest BCUT2D eigenvalue weighted by molar-refractivity contribution is 0.673. The number of fused-ring (bicyclic) bond motifs is 13. The Labute approximate surface area is 284 Å². The van der Waals surface area contributed by atoms with Crippen molar-refractivity contribution in [3.8, 4) is 28.3 Å². The van der Waals surface area contributed by atoms with Crippen LogP contribution in [-0.4, -0.2) is 14.5 Å². The first-order valence-electron chi connectivity index (χ1n) is 16.4. The van der Waals surface area contributed by atoms with Crippen molar-refractivity contribution in [3.63, 3.8) is 0 Å². The molecule has 11 aromatic rings. The number of rotatable bonds is 3. The molecule has 0 aliphatic rings. The van der Waals surface area contributed by atoms with Gasteiger partial charge in [-0.25, -0.2) is 9.97 Å². The molecule has 0 saturated carbocycles. The minimum Gasteiger partial charge on any atom is -0.455 e. The van der Waals surface area contributed by atoms with E-state index in [0.717, 1.165) is 72.2 Å². The molecule has 228 valence electrons. The molecule has 7 aromatic carbocycles. The van der Waals surface area contributed by atoms with Gasteiger partial charge in [-0.15, -0.1) is 11.3 Å². The Balaban J connectivity index is 1.31. The highest BCUT2D eigenvalue weighted by Crippen LogP contribution is 2.50. The monoisotopic (exact) mass is 643 g/mol. The highest BCUT2D eigenvalue weighted by Gasteiger charge is 2.25. The fourth-order valence-corrected chi connectivity index (χ4v) is 8.92. The van der Waals surface area contributed by atoms with Crippen molar-refractivity contribution in [1.29, 1.82) is 0 Å². The van der Waals surface area contributed by atoms with Crippen molar-refractivity contribution in [2.45, 2.75) is 0 Å². The van der Waals surface area contributed by atoms with Crippen molar-refractivity contribution in [2.75, 3.05) is 0 Å². The molecule has 4 aromatic heterocycles. The number of para-hydroxylation sites is 2. The number of benzene rings is 7. The lowest BCUT2D eigenvalue weighted by atomic mass is 10.0. The lowest BCUT2D eigenvalue weighted by Gasteiger charge is -2.13. The van der Waals surface area contributed by atoms with Crippen LogP contribution >= 0.6 is 11.3 Å². The zero-order valence-electron chi connectivity index (χ0n) is 26.1. The summed E-state index contributed by atoms with van der Waals surface area (Å²) in [5.41, 5.74) is 9.06. The lowest BCUT2D eigenvalue weighted by Crippen LogP contribution is -1.98. The minimum absolute atomic E-state index is 0.718. The van der Waals surface area contributed by atoms with E-state index in [1.54, 1.807) is 0 Å². The van der Waals surface area contributed by atoms with E-state index in [4.69, 9.17) is 14.4 Å². The first-order valence-corrected chi connectivity index (χ1v) is 17.2. The Morgan fingerprint density at radius 2 is 1.22 bits per heavy atom. The van der Waals surface area contributed by atoms with Crippen LogP contribution in [0.15, 0.2) is 156 Å². The van der Waals surface area contributed by atoms with E-state index in [1.807, 2.05) is 35.6 Å². The molecule has 0 radical (unpaired) electrons. The molecule has 0 unspecified atom stereocenters. The van der Waals surface area contributed by atoms with E-state index in [9.17, 15) is 0 Å². The zero-order valence-corrected chi connectivity index (χ0v) is 26.9. The number of hydrogen-bond donors (Lipinski definition) is 0. The molecule has 0 N–H and O–H groups in total. The van der Waals surface area contributed by atoms with Gasteiger partial charge in [0.1, 0.15) is 11.2 Å². The molecule has 0 aliphatic heterocycles. The number of furan rings is 1. The van der Waals surface area contributed by atoms with Crippen LogP contribution < -0.4 is 0 Å². The predicted molar refractivity (Wildman–Crippen MR) is 205 cm³/mol. The van der Waals surface area contributed by atoms with Crippen molar-refractivity contribution in [1.82, 2.24) is 14.5 Å². The smallest absolute Gasteiger partial charge is 0.160 e. The van der Waals surface area contributed by atoms with E-state index < -0.39 is 0 Å². The molecule has 11 rings (SSSR count). The van der Waals surface area contributed by atoms with Crippen LogP contribution in [0.1, 0.15) is 0 Å². The number of aromatic nitrogens is 3. The van der Waals surface area contributed by atoms with Crippen LogP contribution in [0.4, 0.5) is 0 Å². The summed E-state index contributed by atoms with van der Waals surface area (Å²) in [5, 5.41) is 8.15. The quantitative estimate of drug-likeness (QED) is 0.192. The number of thiophene rings is 1. The summed E-state index contributed by atoms with van der Waals surface area (Å²) in [4.78, 5) is 10.3. The molecule has 0 fully saturated rings. The standard InChI is InChI=1S/C44H25N3OS/c1-3-13-26(14-4-1)40-32-25-28(23-24-33(32)45-44(46-40)27-15-5-2-6-16-27)47-34-20-10-7-17-29(34)39-41(47)43-38(31-19-9-12-22-36(31)49-43)37-30-18-8-11-21-35(30)48-42(37)39/h1-25H. The summed E-state index contributed by atoms with van der Waals surface area (Å²) in [6.07, 6.45) is 0. The van der Waals surface area contributed by atoms with E-state index in [-0.39, 0.29) is 0 Å². The van der Waals surface area contributed by atoms with Crippen LogP contribution in [0.25, 0.3) is 103 Å². The summed E-state index contributed by atoms with van der Waals surface area (Å²) >= 11 is 1.86. The Morgan fingerprint density at radius 1 is 0.531 bits per heavy atom. The van der Waals surface area contributed by atoms with Gasteiger partial charge in [0.15, 0.2) is 5.82 Å². The van der Waals surface area contributed by atoms with Gasteiger partial charge in [0.25, 0.3) is 0 Å². The fourth-order valence-electron chi connectivity index (χ4n) is 7.67. The van der Waals surface area contributed by atoms with Gasteiger partial charge in [0.2, 0.25) is 0 Å². The summed E-state index contributed by atoms with van der Waals surface area (Å²) in [6, 6.07) is 53.2. The molecule has 0 atom stereocenters. The van der Waals surface area contributed by atoms with E-state index >= 15 is 0 Å². The van der Waals surface area contributed by atoms with Gasteiger partial charge in [-0.05, 0) is 36.4 Å².